The Bertz CT molecular complexity index is 185. The van der Waals surface area contributed by atoms with E-state index in [-0.39, 0.29) is 0 Å². The van der Waals surface area contributed by atoms with Crippen LogP contribution in [0.2, 0.25) is 0 Å². The molecule has 0 saturated carbocycles. The molecule has 0 aromatic heterocycles. The fourth-order valence-corrected chi connectivity index (χ4v) is 2.79. The van der Waals surface area contributed by atoms with Crippen molar-refractivity contribution >= 4 is 24.4 Å². The van der Waals surface area contributed by atoms with Crippen molar-refractivity contribution in [1.82, 2.24) is 0 Å². The van der Waals surface area contributed by atoms with E-state index in [1.54, 1.807) is 0 Å². The Morgan fingerprint density at radius 1 is 1.44 bits per heavy atom. The lowest BCUT2D eigenvalue weighted by atomic mass is 12.0. The lowest BCUT2D eigenvalue weighted by Gasteiger charge is -2.13. The Morgan fingerprint density at radius 2 is 1.78 bits per heavy atom. The van der Waals surface area contributed by atoms with Gasteiger partial charge in [-0.3, -0.25) is 4.57 Å². The first-order valence-corrected chi connectivity index (χ1v) is 7.56. The third kappa shape index (κ3) is 2.43. The number of rotatable bonds is 1. The van der Waals surface area contributed by atoms with E-state index in [4.69, 9.17) is 14.7 Å². The molecule has 5 nitrogen and oxygen atoms in total. The summed E-state index contributed by atoms with van der Waals surface area (Å²) in [7, 11) is -4.60. The molecule has 0 heterocycles. The first-order chi connectivity index (χ1) is 3.81. The molecule has 1 atom stereocenters. The fraction of sp³-hybridized carbons (Fsp3) is 1.00. The van der Waals surface area contributed by atoms with Crippen LogP contribution in [0.25, 0.3) is 0 Å². The zero-order valence-corrected chi connectivity index (χ0v) is 7.07. The van der Waals surface area contributed by atoms with Crippen molar-refractivity contribution in [2.75, 3.05) is 6.26 Å². The van der Waals surface area contributed by atoms with Crippen molar-refractivity contribution < 1.29 is 24.1 Å². The quantitative estimate of drug-likeness (QED) is 0.362. The van der Waals surface area contributed by atoms with Gasteiger partial charge in [0.1, 0.15) is 0 Å². The highest BCUT2D eigenvalue weighted by atomic mass is 32.7. The molecule has 0 bridgehead atoms. The van der Waals surface area contributed by atoms with Gasteiger partial charge in [0, 0.05) is 0 Å². The minimum Gasteiger partial charge on any atom is -0.768 e. The molecular weight excluding hydrogens is 186 g/mol. The van der Waals surface area contributed by atoms with Gasteiger partial charge in [-0.15, -0.1) is 0 Å². The molecular formula is CH6O5P2S. The molecule has 9 heavy (non-hydrogen) atoms. The van der Waals surface area contributed by atoms with Gasteiger partial charge in [0.25, 0.3) is 7.28 Å². The minimum absolute atomic E-state index is 0.331. The van der Waals surface area contributed by atoms with Crippen LogP contribution in [0.4, 0.5) is 0 Å². The Kier molecular flexibility index (Phi) is 2.98. The van der Waals surface area contributed by atoms with Gasteiger partial charge in [0.05, 0.1) is 0 Å². The maximum atomic E-state index is 10.00. The fourth-order valence-electron chi connectivity index (χ4n) is 0.103. The summed E-state index contributed by atoms with van der Waals surface area (Å²) in [5, 5.41) is 0. The second-order valence-electron chi connectivity index (χ2n) is 1.19. The highest BCUT2D eigenvalue weighted by Crippen LogP contribution is 2.69. The molecule has 0 spiro atoms. The first kappa shape index (κ1) is 9.72. The Labute approximate surface area is 55.5 Å². The van der Waals surface area contributed by atoms with E-state index in [9.17, 15) is 9.46 Å². The molecule has 0 fully saturated rings. The van der Waals surface area contributed by atoms with E-state index in [1.807, 2.05) is 0 Å². The van der Waals surface area contributed by atoms with Crippen LogP contribution in [0.1, 0.15) is 0 Å². The topological polar surface area (TPSA) is 101 Å². The Balaban J connectivity index is 4.80. The van der Waals surface area contributed by atoms with Gasteiger partial charge >= 0.3 is 6.18 Å². The summed E-state index contributed by atoms with van der Waals surface area (Å²) in [6, 6.07) is 0. The van der Waals surface area contributed by atoms with Crippen molar-refractivity contribution in [3.8, 4) is 0 Å². The van der Waals surface area contributed by atoms with Crippen LogP contribution >= 0.6 is 13.5 Å². The molecule has 0 amide bonds. The maximum absolute atomic E-state index is 10.00. The predicted octanol–water partition coefficient (Wildman–Crippen LogP) is -1.09. The second kappa shape index (κ2) is 2.76. The molecule has 0 saturated heterocycles. The molecule has 0 aliphatic rings. The highest BCUT2D eigenvalue weighted by molar-refractivity contribution is 8.50. The lowest BCUT2D eigenvalue weighted by Crippen LogP contribution is -1.99. The molecule has 0 aromatic rings. The van der Waals surface area contributed by atoms with Crippen LogP contribution in [-0.4, -0.2) is 20.9 Å². The highest BCUT2D eigenvalue weighted by Gasteiger charge is 2.34. The standard InChI is InChI=1S/CH6O5P2S/c1-9-8(5,6)7(2,3)4/h1H3,(H3-,2,3,4,5,6). The van der Waals surface area contributed by atoms with Crippen molar-refractivity contribution in [2.45, 2.75) is 0 Å². The van der Waals surface area contributed by atoms with Gasteiger partial charge in [0.2, 0.25) is 10.9 Å². The summed E-state index contributed by atoms with van der Waals surface area (Å²) >= 11 is 0. The molecule has 1 unspecified atom stereocenters. The van der Waals surface area contributed by atoms with Gasteiger partial charge in [-0.05, 0) is 0 Å². The van der Waals surface area contributed by atoms with Crippen LogP contribution in [0.3, 0.4) is 0 Å². The Morgan fingerprint density at radius 3 is 1.78 bits per heavy atom. The molecule has 0 radical (unpaired) electrons. The van der Waals surface area contributed by atoms with Crippen molar-refractivity contribution in [1.29, 1.82) is 0 Å². The van der Waals surface area contributed by atoms with Crippen LogP contribution in [0.5, 0.6) is 0 Å². The van der Waals surface area contributed by atoms with E-state index in [1.165, 1.54) is 6.26 Å². The molecule has 0 aliphatic carbocycles. The zero-order chi connectivity index (χ0) is 7.71. The average Bonchev–Trinajstić information content (AvgIpc) is 1.64. The molecule has 0 aliphatic heterocycles. The number of hydrogen-bond donors (Lipinski definition) is 3. The van der Waals surface area contributed by atoms with Gasteiger partial charge in [0.15, 0.2) is 6.26 Å². The normalized spacial score (nSPS) is 18.8. The first-order valence-electron chi connectivity index (χ1n) is 1.76. The Hall–Kier alpha value is 0.720. The summed E-state index contributed by atoms with van der Waals surface area (Å²) in [5.74, 6) is 0. The SMILES string of the molecule is C[S+]=P(O)(O)P(=O)([O-])O. The van der Waals surface area contributed by atoms with Crippen molar-refractivity contribution in [2.24, 2.45) is 0 Å². The molecule has 56 valence electrons. The number of hydrogen-bond acceptors (Lipinski definition) is 2. The van der Waals surface area contributed by atoms with Crippen molar-refractivity contribution in [3.05, 3.63) is 0 Å². The van der Waals surface area contributed by atoms with E-state index in [0.29, 0.717) is 10.9 Å². The third-order valence-electron chi connectivity index (χ3n) is 0.574. The van der Waals surface area contributed by atoms with Crippen LogP contribution in [0.15, 0.2) is 0 Å². The van der Waals surface area contributed by atoms with E-state index in [0.717, 1.165) is 0 Å². The van der Waals surface area contributed by atoms with Crippen molar-refractivity contribution in [3.63, 3.8) is 0 Å². The zero-order valence-electron chi connectivity index (χ0n) is 4.46. The van der Waals surface area contributed by atoms with Gasteiger partial charge in [-0.1, -0.05) is 0 Å². The van der Waals surface area contributed by atoms with Gasteiger partial charge in [-0.2, -0.15) is 0 Å². The van der Waals surface area contributed by atoms with E-state index < -0.39 is 13.5 Å². The predicted molar refractivity (Wildman–Crippen MR) is 34.5 cm³/mol. The summed E-state index contributed by atoms with van der Waals surface area (Å²) in [4.78, 5) is 35.0. The summed E-state index contributed by atoms with van der Waals surface area (Å²) in [6.07, 6.45) is -2.95. The monoisotopic (exact) mass is 192 g/mol. The third-order valence-corrected chi connectivity index (χ3v) is 8.49. The van der Waals surface area contributed by atoms with Crippen LogP contribution in [0, 0.1) is 0 Å². The van der Waals surface area contributed by atoms with Gasteiger partial charge < -0.3 is 19.6 Å². The van der Waals surface area contributed by atoms with E-state index >= 15 is 0 Å². The summed E-state index contributed by atoms with van der Waals surface area (Å²) in [5.41, 5.74) is 0. The lowest BCUT2D eigenvalue weighted by molar-refractivity contribution is -0.186. The minimum atomic E-state index is -4.93. The largest absolute Gasteiger partial charge is 0.768 e. The summed E-state index contributed by atoms with van der Waals surface area (Å²) in [6.45, 7) is 0. The van der Waals surface area contributed by atoms with Crippen LogP contribution < -0.4 is 4.89 Å². The van der Waals surface area contributed by atoms with E-state index in [2.05, 4.69) is 0 Å². The smallest absolute Gasteiger partial charge is 0.437 e. The van der Waals surface area contributed by atoms with Gasteiger partial charge in [-0.25, -0.2) is 0 Å². The second-order valence-corrected chi connectivity index (χ2v) is 10.2. The van der Waals surface area contributed by atoms with Crippen LogP contribution in [-0.2, 0) is 15.5 Å². The summed E-state index contributed by atoms with van der Waals surface area (Å²) < 4.78 is 10.00. The average molecular weight is 192 g/mol. The molecule has 3 N–H and O–H groups in total. The molecule has 8 heteroatoms. The molecule has 0 rings (SSSR count). The molecule has 0 aromatic carbocycles. The maximum Gasteiger partial charge on any atom is 0.437 e.